The van der Waals surface area contributed by atoms with Crippen molar-refractivity contribution in [3.63, 3.8) is 0 Å². The first-order chi connectivity index (χ1) is 17.2. The summed E-state index contributed by atoms with van der Waals surface area (Å²) in [6.07, 6.45) is 8.59. The molecule has 1 atom stereocenters. The van der Waals surface area contributed by atoms with Gasteiger partial charge in [-0.2, -0.15) is 0 Å². The molecule has 1 unspecified atom stereocenters. The van der Waals surface area contributed by atoms with Crippen molar-refractivity contribution < 1.29 is 19.2 Å². The van der Waals surface area contributed by atoms with E-state index in [1.807, 2.05) is 19.1 Å². The van der Waals surface area contributed by atoms with Gasteiger partial charge in [0.1, 0.15) is 5.76 Å². The predicted molar refractivity (Wildman–Crippen MR) is 142 cm³/mol. The highest BCUT2D eigenvalue weighted by atomic mass is 35.5. The van der Waals surface area contributed by atoms with Crippen LogP contribution in [0.4, 0.5) is 5.69 Å². The van der Waals surface area contributed by atoms with Crippen molar-refractivity contribution in [3.05, 3.63) is 45.8 Å². The van der Waals surface area contributed by atoms with Gasteiger partial charge >= 0.3 is 5.97 Å². The summed E-state index contributed by atoms with van der Waals surface area (Å²) in [6.45, 7) is 6.53. The Labute approximate surface area is 219 Å². The number of benzene rings is 1. The van der Waals surface area contributed by atoms with Gasteiger partial charge in [-0.05, 0) is 93.7 Å². The Hall–Kier alpha value is -2.34. The smallest absolute Gasteiger partial charge is 0.303 e. The lowest BCUT2D eigenvalue weighted by Gasteiger charge is -2.28. The van der Waals surface area contributed by atoms with E-state index in [0.29, 0.717) is 29.0 Å². The fourth-order valence-electron chi connectivity index (χ4n) is 5.80. The Bertz CT molecular complexity index is 1070. The Balaban J connectivity index is 1.52. The number of carbonyl (C=O) groups excluding carboxylic acids is 1. The van der Waals surface area contributed by atoms with E-state index in [-0.39, 0.29) is 24.7 Å². The molecule has 1 amide bonds. The molecule has 2 fully saturated rings. The van der Waals surface area contributed by atoms with Crippen LogP contribution < -0.4 is 5.32 Å². The van der Waals surface area contributed by atoms with Crippen molar-refractivity contribution in [2.45, 2.75) is 103 Å². The quantitative estimate of drug-likeness (QED) is 0.319. The predicted octanol–water partition coefficient (Wildman–Crippen LogP) is 7.81. The van der Waals surface area contributed by atoms with Crippen LogP contribution in [0.25, 0.3) is 0 Å². The van der Waals surface area contributed by atoms with Crippen LogP contribution in [0.15, 0.2) is 22.7 Å². The molecular weight excluding hydrogens is 476 g/mol. The van der Waals surface area contributed by atoms with Gasteiger partial charge in [-0.1, -0.05) is 36.7 Å². The van der Waals surface area contributed by atoms with Gasteiger partial charge in [-0.15, -0.1) is 0 Å². The van der Waals surface area contributed by atoms with E-state index < -0.39 is 5.97 Å². The molecule has 0 bridgehead atoms. The first-order valence-electron chi connectivity index (χ1n) is 13.5. The first-order valence-corrected chi connectivity index (χ1v) is 13.9. The van der Waals surface area contributed by atoms with Crippen LogP contribution in [0.5, 0.6) is 0 Å². The highest BCUT2D eigenvalue weighted by Crippen LogP contribution is 2.50. The van der Waals surface area contributed by atoms with Gasteiger partial charge in [0.15, 0.2) is 0 Å². The van der Waals surface area contributed by atoms with E-state index in [1.165, 1.54) is 24.8 Å². The van der Waals surface area contributed by atoms with Crippen molar-refractivity contribution >= 4 is 29.2 Å². The number of carboxylic acids is 1. The van der Waals surface area contributed by atoms with Gasteiger partial charge in [0, 0.05) is 30.2 Å². The van der Waals surface area contributed by atoms with Crippen molar-refractivity contribution in [2.24, 2.45) is 11.8 Å². The van der Waals surface area contributed by atoms with Gasteiger partial charge in [-0.3, -0.25) is 9.59 Å². The van der Waals surface area contributed by atoms with Crippen LogP contribution in [-0.2, 0) is 9.59 Å². The number of aryl methyl sites for hydroxylation is 1. The van der Waals surface area contributed by atoms with Gasteiger partial charge in [0.25, 0.3) is 0 Å². The SMILES string of the molecule is Cc1ccc(NC(=O)CC(CCC(=O)O)c2noc([C@H]3CC[C@H](CC(C)C)CC3)c2C2CC2)c(Cl)c1. The van der Waals surface area contributed by atoms with E-state index in [9.17, 15) is 14.7 Å². The lowest BCUT2D eigenvalue weighted by Crippen LogP contribution is -2.18. The number of nitrogens with zero attached hydrogens (tertiary/aromatic N) is 1. The minimum absolute atomic E-state index is 0.0180. The molecule has 36 heavy (non-hydrogen) atoms. The molecule has 4 rings (SSSR count). The maximum atomic E-state index is 13.0. The number of rotatable bonds is 11. The molecular formula is C29H39ClN2O4. The molecule has 2 N–H and O–H groups in total. The molecule has 6 nitrogen and oxygen atoms in total. The third-order valence-electron chi connectivity index (χ3n) is 7.72. The summed E-state index contributed by atoms with van der Waals surface area (Å²) in [5, 5.41) is 17.3. The summed E-state index contributed by atoms with van der Waals surface area (Å²) >= 11 is 6.31. The average Bonchev–Trinajstić information content (AvgIpc) is 3.56. The fourth-order valence-corrected chi connectivity index (χ4v) is 6.08. The summed E-state index contributed by atoms with van der Waals surface area (Å²) in [5.41, 5.74) is 3.53. The van der Waals surface area contributed by atoms with Crippen molar-refractivity contribution in [3.8, 4) is 0 Å². The molecule has 2 aliphatic rings. The summed E-state index contributed by atoms with van der Waals surface area (Å²) in [4.78, 5) is 24.4. The molecule has 2 aromatic rings. The molecule has 2 saturated carbocycles. The number of carboxylic acid groups (broad SMARTS) is 1. The number of hydrogen-bond acceptors (Lipinski definition) is 4. The van der Waals surface area contributed by atoms with Gasteiger partial charge in [0.2, 0.25) is 5.91 Å². The molecule has 0 saturated heterocycles. The normalized spacial score (nSPS) is 20.9. The zero-order valence-electron chi connectivity index (χ0n) is 21.7. The fraction of sp³-hybridized carbons (Fsp3) is 0.621. The van der Waals surface area contributed by atoms with E-state index in [1.54, 1.807) is 6.07 Å². The molecule has 1 aromatic heterocycles. The van der Waals surface area contributed by atoms with Crippen molar-refractivity contribution in [1.82, 2.24) is 5.16 Å². The number of anilines is 1. The summed E-state index contributed by atoms with van der Waals surface area (Å²) < 4.78 is 6.02. The lowest BCUT2D eigenvalue weighted by molar-refractivity contribution is -0.137. The molecule has 2 aliphatic carbocycles. The van der Waals surface area contributed by atoms with Crippen LogP contribution in [0.2, 0.25) is 5.02 Å². The summed E-state index contributed by atoms with van der Waals surface area (Å²) in [5.74, 6) is 1.91. The van der Waals surface area contributed by atoms with Crippen molar-refractivity contribution in [2.75, 3.05) is 5.32 Å². The molecule has 0 spiro atoms. The van der Waals surface area contributed by atoms with Crippen LogP contribution in [0, 0.1) is 18.8 Å². The number of hydrogen-bond donors (Lipinski definition) is 2. The third kappa shape index (κ3) is 6.90. The largest absolute Gasteiger partial charge is 0.481 e. The van der Waals surface area contributed by atoms with Crippen LogP contribution in [0.1, 0.15) is 118 Å². The van der Waals surface area contributed by atoms with Gasteiger partial charge in [0.05, 0.1) is 16.4 Å². The number of aliphatic carboxylic acids is 1. The number of aromatic nitrogens is 1. The molecule has 1 aromatic carbocycles. The minimum atomic E-state index is -0.873. The number of amides is 1. The van der Waals surface area contributed by atoms with Crippen LogP contribution in [-0.4, -0.2) is 22.1 Å². The van der Waals surface area contributed by atoms with E-state index in [0.717, 1.165) is 54.5 Å². The van der Waals surface area contributed by atoms with E-state index >= 15 is 0 Å². The minimum Gasteiger partial charge on any atom is -0.481 e. The maximum Gasteiger partial charge on any atom is 0.303 e. The van der Waals surface area contributed by atoms with E-state index in [2.05, 4.69) is 24.3 Å². The van der Waals surface area contributed by atoms with Crippen molar-refractivity contribution in [1.29, 1.82) is 0 Å². The van der Waals surface area contributed by atoms with Crippen LogP contribution >= 0.6 is 11.6 Å². The van der Waals surface area contributed by atoms with Crippen LogP contribution in [0.3, 0.4) is 0 Å². The topological polar surface area (TPSA) is 92.4 Å². The zero-order chi connectivity index (χ0) is 25.8. The Morgan fingerprint density at radius 2 is 1.83 bits per heavy atom. The highest BCUT2D eigenvalue weighted by molar-refractivity contribution is 6.33. The number of carbonyl (C=O) groups is 2. The summed E-state index contributed by atoms with van der Waals surface area (Å²) in [6, 6.07) is 5.50. The second-order valence-electron chi connectivity index (χ2n) is 11.3. The maximum absolute atomic E-state index is 13.0. The molecule has 0 aliphatic heterocycles. The van der Waals surface area contributed by atoms with E-state index in [4.69, 9.17) is 16.1 Å². The third-order valence-corrected chi connectivity index (χ3v) is 8.03. The first kappa shape index (κ1) is 26.7. The molecule has 196 valence electrons. The Morgan fingerprint density at radius 1 is 1.14 bits per heavy atom. The zero-order valence-corrected chi connectivity index (χ0v) is 22.4. The molecule has 0 radical (unpaired) electrons. The van der Waals surface area contributed by atoms with Gasteiger partial charge < -0.3 is 14.9 Å². The second kappa shape index (κ2) is 11.8. The van der Waals surface area contributed by atoms with Gasteiger partial charge in [-0.25, -0.2) is 0 Å². The monoisotopic (exact) mass is 514 g/mol. The Morgan fingerprint density at radius 3 is 2.44 bits per heavy atom. The second-order valence-corrected chi connectivity index (χ2v) is 11.7. The summed E-state index contributed by atoms with van der Waals surface area (Å²) in [7, 11) is 0. The lowest BCUT2D eigenvalue weighted by atomic mass is 9.76. The Kier molecular flexibility index (Phi) is 8.76. The average molecular weight is 515 g/mol. The molecule has 7 heteroatoms. The molecule has 1 heterocycles. The highest BCUT2D eigenvalue weighted by Gasteiger charge is 2.38. The number of halogens is 1. The standard InChI is InChI=1S/C29H39ClN2O4/c1-17(2)14-19-5-7-21(8-6-19)29-27(20-9-10-20)28(32-36-29)22(11-13-26(34)35)16-25(33)31-24-12-4-18(3)15-23(24)30/h4,12,15,17,19-22H,5-11,13-14,16H2,1-3H3,(H,31,33)(H,34,35)/t19-,21-,22?. The number of nitrogens with one attached hydrogen (secondary N) is 1.